The first-order valence-corrected chi connectivity index (χ1v) is 16.9. The number of β-lactam (4-membered cyclic amide) rings is 1. The van der Waals surface area contributed by atoms with Gasteiger partial charge in [-0.05, 0) is 90.6 Å². The molecule has 3 aromatic rings. The van der Waals surface area contributed by atoms with E-state index in [1.807, 2.05) is 48.5 Å². The van der Waals surface area contributed by atoms with E-state index in [9.17, 15) is 27.5 Å². The normalized spacial score (nSPS) is 17.2. The molecule has 1 aliphatic rings. The van der Waals surface area contributed by atoms with E-state index in [1.54, 1.807) is 17.0 Å². The average molecular weight is 622 g/mol. The number of hydrogen-bond acceptors (Lipinski definition) is 6. The summed E-state index contributed by atoms with van der Waals surface area (Å²) in [6.45, 7) is 5.12. The monoisotopic (exact) mass is 621 g/mol. The predicted molar refractivity (Wildman–Crippen MR) is 169 cm³/mol. The maximum atomic E-state index is 13.7. The summed E-state index contributed by atoms with van der Waals surface area (Å²) >= 11 is 0. The van der Waals surface area contributed by atoms with Crippen LogP contribution in [-0.2, 0) is 37.0 Å². The van der Waals surface area contributed by atoms with Crippen LogP contribution in [0.4, 0.5) is 10.1 Å². The SMILES string of the molecule is C=C(CO)Cc1ccc([C@@H]2C(CC[C@H](OC(C)=O)c3ccc(F)cc3)C(=O)N2c2ccc(CCCCS(C)(=O)=O)cc2)cc1. The Bertz CT molecular complexity index is 1550. The van der Waals surface area contributed by atoms with Crippen LogP contribution in [0.1, 0.15) is 67.0 Å². The van der Waals surface area contributed by atoms with Crippen LogP contribution in [0.5, 0.6) is 0 Å². The van der Waals surface area contributed by atoms with Crippen LogP contribution in [0.3, 0.4) is 0 Å². The number of halogens is 1. The van der Waals surface area contributed by atoms with E-state index in [0.29, 0.717) is 36.8 Å². The number of ether oxygens (including phenoxy) is 1. The van der Waals surface area contributed by atoms with Crippen LogP contribution in [0.15, 0.2) is 84.9 Å². The molecular weight excluding hydrogens is 581 g/mol. The third kappa shape index (κ3) is 8.86. The second-order valence-electron chi connectivity index (χ2n) is 11.6. The maximum Gasteiger partial charge on any atom is 0.303 e. The van der Waals surface area contributed by atoms with Crippen molar-refractivity contribution in [3.63, 3.8) is 0 Å². The van der Waals surface area contributed by atoms with Gasteiger partial charge in [0.1, 0.15) is 21.8 Å². The number of rotatable bonds is 15. The Labute approximate surface area is 259 Å². The zero-order valence-corrected chi connectivity index (χ0v) is 26.1. The smallest absolute Gasteiger partial charge is 0.303 e. The Hall–Kier alpha value is -3.82. The number of benzene rings is 3. The number of hydrogen-bond donors (Lipinski definition) is 1. The first kappa shape index (κ1) is 33.1. The van der Waals surface area contributed by atoms with Gasteiger partial charge in [-0.25, -0.2) is 12.8 Å². The number of carbonyl (C=O) groups is 2. The highest BCUT2D eigenvalue weighted by molar-refractivity contribution is 7.90. The van der Waals surface area contributed by atoms with Crippen LogP contribution >= 0.6 is 0 Å². The largest absolute Gasteiger partial charge is 0.458 e. The second-order valence-corrected chi connectivity index (χ2v) is 13.8. The summed E-state index contributed by atoms with van der Waals surface area (Å²) in [6.07, 6.45) is 4.15. The Morgan fingerprint density at radius 2 is 1.64 bits per heavy atom. The van der Waals surface area contributed by atoms with Crippen molar-refractivity contribution in [1.82, 2.24) is 0 Å². The highest BCUT2D eigenvalue weighted by Gasteiger charge is 2.48. The van der Waals surface area contributed by atoms with Crippen molar-refractivity contribution in [2.24, 2.45) is 5.92 Å². The molecule has 0 radical (unpaired) electrons. The quantitative estimate of drug-likeness (QED) is 0.0957. The van der Waals surface area contributed by atoms with Crippen molar-refractivity contribution in [3.8, 4) is 0 Å². The number of carbonyl (C=O) groups excluding carboxylic acids is 2. The summed E-state index contributed by atoms with van der Waals surface area (Å²) in [7, 11) is -2.98. The van der Waals surface area contributed by atoms with Crippen molar-refractivity contribution >= 4 is 27.4 Å². The van der Waals surface area contributed by atoms with Gasteiger partial charge in [0.2, 0.25) is 5.91 Å². The molecule has 9 heteroatoms. The number of esters is 1. The number of aliphatic hydroxyl groups is 1. The van der Waals surface area contributed by atoms with E-state index >= 15 is 0 Å². The lowest BCUT2D eigenvalue weighted by atomic mass is 9.78. The summed E-state index contributed by atoms with van der Waals surface area (Å²) in [6, 6.07) is 21.3. The second kappa shape index (κ2) is 14.8. The van der Waals surface area contributed by atoms with E-state index in [4.69, 9.17) is 4.74 Å². The van der Waals surface area contributed by atoms with Crippen LogP contribution in [0, 0.1) is 11.7 Å². The summed E-state index contributed by atoms with van der Waals surface area (Å²) in [5.41, 5.74) is 5.19. The van der Waals surface area contributed by atoms with Crippen molar-refractivity contribution < 1.29 is 32.2 Å². The highest BCUT2D eigenvalue weighted by atomic mass is 32.2. The van der Waals surface area contributed by atoms with Crippen LogP contribution in [0.25, 0.3) is 0 Å². The summed E-state index contributed by atoms with van der Waals surface area (Å²) in [4.78, 5) is 27.3. The number of aliphatic hydroxyl groups excluding tert-OH is 1. The molecule has 1 heterocycles. The molecule has 0 bridgehead atoms. The Balaban J connectivity index is 1.53. The Morgan fingerprint density at radius 3 is 2.23 bits per heavy atom. The van der Waals surface area contributed by atoms with E-state index < -0.39 is 21.9 Å². The first-order chi connectivity index (χ1) is 20.9. The third-order valence-corrected chi connectivity index (χ3v) is 8.98. The maximum absolute atomic E-state index is 13.7. The van der Waals surface area contributed by atoms with Gasteiger partial charge in [-0.1, -0.05) is 55.1 Å². The van der Waals surface area contributed by atoms with Crippen LogP contribution in [0.2, 0.25) is 0 Å². The van der Waals surface area contributed by atoms with Gasteiger partial charge < -0.3 is 14.7 Å². The fourth-order valence-electron chi connectivity index (χ4n) is 5.70. The zero-order chi connectivity index (χ0) is 31.9. The lowest BCUT2D eigenvalue weighted by Crippen LogP contribution is -2.55. The molecule has 0 spiro atoms. The molecule has 1 aliphatic heterocycles. The average Bonchev–Trinajstić information content (AvgIpc) is 2.98. The summed E-state index contributed by atoms with van der Waals surface area (Å²) in [5.74, 6) is -1.06. The van der Waals surface area contributed by atoms with Crippen LogP contribution < -0.4 is 4.90 Å². The molecule has 0 saturated carbocycles. The molecule has 1 amide bonds. The number of unbranched alkanes of at least 4 members (excludes halogenated alkanes) is 1. The molecule has 1 unspecified atom stereocenters. The van der Waals surface area contributed by atoms with Crippen molar-refractivity contribution in [2.45, 2.75) is 57.6 Å². The fourth-order valence-corrected chi connectivity index (χ4v) is 6.42. The van der Waals surface area contributed by atoms with E-state index in [0.717, 1.165) is 35.2 Å². The standard InChI is InChI=1S/C35H40FNO6S/c1-24(23-38)22-27-7-11-29(12-8-27)34-32(19-20-33(43-25(2)39)28-13-15-30(36)16-14-28)35(40)37(34)31-17-9-26(10-18-31)6-4-5-21-44(3,41)42/h7-18,32-34,38H,1,4-6,19-23H2,2-3H3/t32?,33-,34+/m0/s1. The fraction of sp³-hybridized carbons (Fsp3) is 0.371. The van der Waals surface area contributed by atoms with Gasteiger partial charge in [0.05, 0.1) is 18.6 Å². The van der Waals surface area contributed by atoms with E-state index in [1.165, 1.54) is 25.3 Å². The van der Waals surface area contributed by atoms with Crippen molar-refractivity contribution in [2.75, 3.05) is 23.5 Å². The molecule has 1 N–H and O–H groups in total. The molecular formula is C35H40FNO6S. The van der Waals surface area contributed by atoms with E-state index in [2.05, 4.69) is 6.58 Å². The van der Waals surface area contributed by atoms with Gasteiger partial charge in [0, 0.05) is 24.6 Å². The molecule has 0 aromatic heterocycles. The molecule has 3 aromatic carbocycles. The number of aryl methyl sites for hydroxylation is 1. The third-order valence-electron chi connectivity index (χ3n) is 7.95. The van der Waals surface area contributed by atoms with Gasteiger partial charge in [-0.3, -0.25) is 9.59 Å². The minimum atomic E-state index is -2.98. The van der Waals surface area contributed by atoms with Gasteiger partial charge in [0.15, 0.2) is 0 Å². The van der Waals surface area contributed by atoms with Gasteiger partial charge in [-0.2, -0.15) is 0 Å². The topological polar surface area (TPSA) is 101 Å². The van der Waals surface area contributed by atoms with E-state index in [-0.39, 0.29) is 36.0 Å². The van der Waals surface area contributed by atoms with Gasteiger partial charge >= 0.3 is 5.97 Å². The minimum Gasteiger partial charge on any atom is -0.458 e. The van der Waals surface area contributed by atoms with Gasteiger partial charge in [-0.15, -0.1) is 0 Å². The lowest BCUT2D eigenvalue weighted by molar-refractivity contribution is -0.147. The zero-order valence-electron chi connectivity index (χ0n) is 25.2. The Kier molecular flexibility index (Phi) is 11.1. The molecule has 4 rings (SSSR count). The highest BCUT2D eigenvalue weighted by Crippen LogP contribution is 2.46. The van der Waals surface area contributed by atoms with Crippen LogP contribution in [-0.4, -0.2) is 44.0 Å². The van der Waals surface area contributed by atoms with Gasteiger partial charge in [0.25, 0.3) is 0 Å². The number of nitrogens with zero attached hydrogens (tertiary/aromatic N) is 1. The lowest BCUT2D eigenvalue weighted by Gasteiger charge is -2.48. The number of sulfone groups is 1. The molecule has 1 fully saturated rings. The molecule has 0 aliphatic carbocycles. The van der Waals surface area contributed by atoms with Crippen molar-refractivity contribution in [3.05, 3.63) is 113 Å². The summed E-state index contributed by atoms with van der Waals surface area (Å²) in [5, 5.41) is 9.36. The first-order valence-electron chi connectivity index (χ1n) is 14.8. The molecule has 1 saturated heterocycles. The predicted octanol–water partition coefficient (Wildman–Crippen LogP) is 6.07. The Morgan fingerprint density at radius 1 is 1.00 bits per heavy atom. The summed E-state index contributed by atoms with van der Waals surface area (Å²) < 4.78 is 42.0. The van der Waals surface area contributed by atoms with Crippen molar-refractivity contribution in [1.29, 1.82) is 0 Å². The molecule has 44 heavy (non-hydrogen) atoms. The number of anilines is 1. The minimum absolute atomic E-state index is 0.0330. The molecule has 234 valence electrons. The molecule has 7 nitrogen and oxygen atoms in total. The molecule has 3 atom stereocenters. The number of amides is 1.